The molecule has 0 spiro atoms. The maximum absolute atomic E-state index is 10.7. The smallest absolute Gasteiger partial charge is 0.321 e. The Labute approximate surface area is 107 Å². The van der Waals surface area contributed by atoms with Crippen LogP contribution in [0.2, 0.25) is 0 Å². The molecule has 18 heavy (non-hydrogen) atoms. The molecule has 0 bridgehead atoms. The normalized spacial score (nSPS) is 30.7. The highest BCUT2D eigenvalue weighted by molar-refractivity contribution is 8.00. The molecule has 0 saturated carbocycles. The van der Waals surface area contributed by atoms with Gasteiger partial charge < -0.3 is 30.6 Å². The number of carboxylic acids is 1. The van der Waals surface area contributed by atoms with E-state index in [-0.39, 0.29) is 5.75 Å². The second-order valence-electron chi connectivity index (χ2n) is 4.03. The molecule has 0 aromatic carbocycles. The number of carboxylic acid groups (broad SMARTS) is 1. The van der Waals surface area contributed by atoms with Crippen molar-refractivity contribution in [1.29, 1.82) is 0 Å². The highest BCUT2D eigenvalue weighted by atomic mass is 32.2. The summed E-state index contributed by atoms with van der Waals surface area (Å²) in [5.74, 6) is -0.842. The molecule has 0 aromatic rings. The molecule has 8 nitrogen and oxygen atoms in total. The number of carbonyl (C=O) groups is 1. The Balaban J connectivity index is 2.54. The van der Waals surface area contributed by atoms with E-state index in [0.717, 1.165) is 11.8 Å². The quantitative estimate of drug-likeness (QED) is 0.264. The minimum absolute atomic E-state index is 0.225. The van der Waals surface area contributed by atoms with Crippen molar-refractivity contribution in [3.05, 3.63) is 0 Å². The Bertz CT molecular complexity index is 292. The number of hydrogen-bond donors (Lipinski definition) is 7. The number of aliphatic hydroxyl groups is 5. The average molecular weight is 283 g/mol. The Morgan fingerprint density at radius 2 is 1.89 bits per heavy atom. The van der Waals surface area contributed by atoms with Crippen LogP contribution in [0.1, 0.15) is 0 Å². The van der Waals surface area contributed by atoms with E-state index >= 15 is 0 Å². The number of thioether (sulfide) groups is 1. The maximum Gasteiger partial charge on any atom is 0.321 e. The number of rotatable bonds is 6. The van der Waals surface area contributed by atoms with Gasteiger partial charge in [-0.15, -0.1) is 11.8 Å². The van der Waals surface area contributed by atoms with Crippen LogP contribution in [0.4, 0.5) is 0 Å². The lowest BCUT2D eigenvalue weighted by Crippen LogP contribution is -2.52. The summed E-state index contributed by atoms with van der Waals surface area (Å²) in [6.07, 6.45) is -6.44. The van der Waals surface area contributed by atoms with Crippen LogP contribution in [0.15, 0.2) is 0 Å². The zero-order valence-corrected chi connectivity index (χ0v) is 10.2. The maximum atomic E-state index is 10.7. The predicted molar refractivity (Wildman–Crippen MR) is 61.9 cm³/mol. The van der Waals surface area contributed by atoms with Crippen molar-refractivity contribution in [1.82, 2.24) is 5.32 Å². The Kier molecular flexibility index (Phi) is 5.79. The summed E-state index contributed by atoms with van der Waals surface area (Å²) in [6, 6.07) is -0.832. The van der Waals surface area contributed by atoms with Crippen molar-refractivity contribution >= 4 is 17.7 Å². The molecule has 0 aromatic heterocycles. The van der Waals surface area contributed by atoms with E-state index in [1.165, 1.54) is 0 Å². The van der Waals surface area contributed by atoms with Crippen LogP contribution in [0.3, 0.4) is 0 Å². The lowest BCUT2D eigenvalue weighted by Gasteiger charge is -2.28. The Hall–Kier alpha value is -0.420. The number of aliphatic hydroxyl groups excluding tert-OH is 5. The number of hydrogen-bond acceptors (Lipinski definition) is 8. The van der Waals surface area contributed by atoms with E-state index in [0.29, 0.717) is 0 Å². The van der Waals surface area contributed by atoms with Gasteiger partial charge in [-0.25, -0.2) is 0 Å². The molecule has 6 atom stereocenters. The van der Waals surface area contributed by atoms with Crippen molar-refractivity contribution in [2.45, 2.75) is 35.8 Å². The average Bonchev–Trinajstić information content (AvgIpc) is 2.84. The predicted octanol–water partition coefficient (Wildman–Crippen LogP) is -3.46. The molecule has 0 amide bonds. The second-order valence-corrected chi connectivity index (χ2v) is 5.21. The van der Waals surface area contributed by atoms with Crippen LogP contribution >= 0.6 is 11.8 Å². The first-order chi connectivity index (χ1) is 8.38. The van der Waals surface area contributed by atoms with Crippen molar-refractivity contribution < 1.29 is 35.4 Å². The van der Waals surface area contributed by atoms with E-state index in [2.05, 4.69) is 5.32 Å². The third-order valence-corrected chi connectivity index (χ3v) is 4.00. The Morgan fingerprint density at radius 3 is 2.33 bits per heavy atom. The van der Waals surface area contributed by atoms with Gasteiger partial charge in [-0.2, -0.15) is 0 Å². The molecule has 1 saturated heterocycles. The summed E-state index contributed by atoms with van der Waals surface area (Å²) in [5, 5.41) is 57.1. The molecular weight excluding hydrogens is 266 g/mol. The van der Waals surface area contributed by atoms with Gasteiger partial charge in [0.05, 0.1) is 12.0 Å². The first-order valence-corrected chi connectivity index (χ1v) is 6.37. The van der Waals surface area contributed by atoms with Gasteiger partial charge in [-0.3, -0.25) is 10.1 Å². The van der Waals surface area contributed by atoms with Gasteiger partial charge in [0.15, 0.2) is 0 Å². The van der Waals surface area contributed by atoms with Crippen molar-refractivity contribution in [2.75, 3.05) is 12.4 Å². The van der Waals surface area contributed by atoms with Crippen molar-refractivity contribution in [3.63, 3.8) is 0 Å². The first-order valence-electron chi connectivity index (χ1n) is 5.32. The fourth-order valence-electron chi connectivity index (χ4n) is 1.55. The van der Waals surface area contributed by atoms with Gasteiger partial charge >= 0.3 is 5.97 Å². The summed E-state index contributed by atoms with van der Waals surface area (Å²) >= 11 is 1.09. The molecule has 9 heteroatoms. The lowest BCUT2D eigenvalue weighted by atomic mass is 10.0. The van der Waals surface area contributed by atoms with E-state index in [1.54, 1.807) is 0 Å². The van der Waals surface area contributed by atoms with E-state index < -0.39 is 48.4 Å². The van der Waals surface area contributed by atoms with Crippen LogP contribution in [0.25, 0.3) is 0 Å². The lowest BCUT2D eigenvalue weighted by molar-refractivity contribution is -0.139. The monoisotopic (exact) mass is 283 g/mol. The van der Waals surface area contributed by atoms with Crippen LogP contribution in [-0.2, 0) is 4.79 Å². The molecule has 1 rings (SSSR count). The van der Waals surface area contributed by atoms with E-state index in [9.17, 15) is 20.1 Å². The van der Waals surface area contributed by atoms with Gasteiger partial charge in [-0.05, 0) is 0 Å². The summed E-state index contributed by atoms with van der Waals surface area (Å²) in [4.78, 5) is 10.7. The first kappa shape index (κ1) is 15.6. The van der Waals surface area contributed by atoms with Crippen molar-refractivity contribution in [3.8, 4) is 0 Å². The van der Waals surface area contributed by atoms with Crippen molar-refractivity contribution in [2.24, 2.45) is 0 Å². The van der Waals surface area contributed by atoms with Gasteiger partial charge in [0.25, 0.3) is 0 Å². The summed E-state index contributed by atoms with van der Waals surface area (Å²) in [5.41, 5.74) is 0. The molecule has 7 N–H and O–H groups in total. The molecule has 1 aliphatic heterocycles. The van der Waals surface area contributed by atoms with E-state index in [1.807, 2.05) is 0 Å². The molecule has 1 fully saturated rings. The van der Waals surface area contributed by atoms with Gasteiger partial charge in [-0.1, -0.05) is 0 Å². The van der Waals surface area contributed by atoms with Gasteiger partial charge in [0.2, 0.25) is 0 Å². The van der Waals surface area contributed by atoms with Gasteiger partial charge in [0, 0.05) is 5.75 Å². The van der Waals surface area contributed by atoms with Crippen LogP contribution < -0.4 is 5.32 Å². The molecule has 0 aliphatic carbocycles. The standard InChI is InChI=1S/C9H17NO7S/c11-1-4(12)5(13)6(14)7(15)8-10-3(2-18-8)9(16)17/h3-8,10-15H,1-2H2,(H,16,17)/t3-,4+,5-,6+,7+,8+/m0/s1. The van der Waals surface area contributed by atoms with Crippen LogP contribution in [-0.4, -0.2) is 84.8 Å². The summed E-state index contributed by atoms with van der Waals surface area (Å²) < 4.78 is 0. The third-order valence-electron chi connectivity index (χ3n) is 2.70. The number of aliphatic carboxylic acids is 1. The zero-order chi connectivity index (χ0) is 13.9. The largest absolute Gasteiger partial charge is 0.480 e. The molecule has 1 aliphatic rings. The number of nitrogens with one attached hydrogen (secondary N) is 1. The zero-order valence-electron chi connectivity index (χ0n) is 9.38. The third kappa shape index (κ3) is 3.54. The molecule has 0 radical (unpaired) electrons. The SMILES string of the molecule is O=C(O)[C@@H]1CS[C@H]([C@H](O)[C@H](O)[C@@H](O)[C@H](O)CO)N1. The van der Waals surface area contributed by atoms with Gasteiger partial charge in [0.1, 0.15) is 30.5 Å². The highest BCUT2D eigenvalue weighted by Crippen LogP contribution is 2.24. The van der Waals surface area contributed by atoms with E-state index in [4.69, 9.17) is 15.3 Å². The molecule has 106 valence electrons. The minimum atomic E-state index is -1.71. The Morgan fingerprint density at radius 1 is 1.28 bits per heavy atom. The fraction of sp³-hybridized carbons (Fsp3) is 0.889. The molecular formula is C9H17NO7S. The van der Waals surface area contributed by atoms with Crippen LogP contribution in [0.5, 0.6) is 0 Å². The summed E-state index contributed by atoms with van der Waals surface area (Å²) in [7, 11) is 0. The molecule has 1 heterocycles. The molecule has 0 unspecified atom stereocenters. The van der Waals surface area contributed by atoms with Crippen LogP contribution in [0, 0.1) is 0 Å². The summed E-state index contributed by atoms with van der Waals surface area (Å²) in [6.45, 7) is -0.756. The topological polar surface area (TPSA) is 150 Å². The fourth-order valence-corrected chi connectivity index (χ4v) is 2.81. The second kappa shape index (κ2) is 6.66. The minimum Gasteiger partial charge on any atom is -0.480 e. The highest BCUT2D eigenvalue weighted by Gasteiger charge is 2.40.